The molecule has 5 heteroatoms. The summed E-state index contributed by atoms with van der Waals surface area (Å²) in [6, 6.07) is 3.15. The number of aromatic nitrogens is 1. The molecule has 112 valence electrons. The van der Waals surface area contributed by atoms with Crippen LogP contribution in [0.15, 0.2) is 12.1 Å². The molecule has 0 fully saturated rings. The van der Waals surface area contributed by atoms with E-state index in [2.05, 4.69) is 31.1 Å². The quantitative estimate of drug-likeness (QED) is 0.746. The second-order valence-corrected chi connectivity index (χ2v) is 5.97. The molecule has 1 heterocycles. The standard InChI is InChI=1S/C15H24N2O3/c1-5-11-8-10(14(19)20)9-13(16-11)17-12(6-7-18)15(2,3)4/h8-9,12,18H,5-7H2,1-4H3,(H,16,17)(H,19,20). The minimum atomic E-state index is -0.959. The minimum Gasteiger partial charge on any atom is -0.478 e. The van der Waals surface area contributed by atoms with E-state index in [1.165, 1.54) is 6.07 Å². The molecular formula is C15H24N2O3. The van der Waals surface area contributed by atoms with E-state index in [-0.39, 0.29) is 23.6 Å². The number of aromatic carboxylic acids is 1. The van der Waals surface area contributed by atoms with Crippen molar-refractivity contribution in [2.75, 3.05) is 11.9 Å². The maximum Gasteiger partial charge on any atom is 0.335 e. The fourth-order valence-corrected chi connectivity index (χ4v) is 2.00. The van der Waals surface area contributed by atoms with Gasteiger partial charge < -0.3 is 15.5 Å². The molecule has 1 unspecified atom stereocenters. The lowest BCUT2D eigenvalue weighted by atomic mass is 9.85. The largest absolute Gasteiger partial charge is 0.478 e. The Hall–Kier alpha value is -1.62. The van der Waals surface area contributed by atoms with Crippen LogP contribution in [0.4, 0.5) is 5.82 Å². The number of aryl methyl sites for hydroxylation is 1. The summed E-state index contributed by atoms with van der Waals surface area (Å²) in [5.41, 5.74) is 0.913. The lowest BCUT2D eigenvalue weighted by Crippen LogP contribution is -2.35. The van der Waals surface area contributed by atoms with E-state index in [0.717, 1.165) is 5.69 Å². The summed E-state index contributed by atoms with van der Waals surface area (Å²) in [5, 5.41) is 21.6. The van der Waals surface area contributed by atoms with Gasteiger partial charge in [-0.3, -0.25) is 0 Å². The molecule has 0 spiro atoms. The smallest absolute Gasteiger partial charge is 0.335 e. The number of pyridine rings is 1. The van der Waals surface area contributed by atoms with Crippen LogP contribution in [-0.4, -0.2) is 33.8 Å². The summed E-state index contributed by atoms with van der Waals surface area (Å²) in [6.45, 7) is 8.23. The van der Waals surface area contributed by atoms with Crippen molar-refractivity contribution in [2.24, 2.45) is 5.41 Å². The van der Waals surface area contributed by atoms with Gasteiger partial charge in [-0.2, -0.15) is 0 Å². The van der Waals surface area contributed by atoms with Crippen LogP contribution in [-0.2, 0) is 6.42 Å². The zero-order chi connectivity index (χ0) is 15.3. The number of hydrogen-bond donors (Lipinski definition) is 3. The Labute approximate surface area is 120 Å². The molecule has 0 aliphatic carbocycles. The summed E-state index contributed by atoms with van der Waals surface area (Å²) in [7, 11) is 0. The van der Waals surface area contributed by atoms with E-state index < -0.39 is 5.97 Å². The van der Waals surface area contributed by atoms with Gasteiger partial charge in [-0.05, 0) is 30.4 Å². The van der Waals surface area contributed by atoms with Crippen LogP contribution in [0.1, 0.15) is 50.2 Å². The molecule has 0 radical (unpaired) electrons. The molecule has 0 saturated carbocycles. The zero-order valence-electron chi connectivity index (χ0n) is 12.6. The van der Waals surface area contributed by atoms with E-state index in [4.69, 9.17) is 10.2 Å². The third-order valence-electron chi connectivity index (χ3n) is 3.27. The van der Waals surface area contributed by atoms with E-state index >= 15 is 0 Å². The lowest BCUT2D eigenvalue weighted by molar-refractivity contribution is 0.0696. The first-order chi connectivity index (χ1) is 9.27. The van der Waals surface area contributed by atoms with Gasteiger partial charge in [0.1, 0.15) is 5.82 Å². The summed E-state index contributed by atoms with van der Waals surface area (Å²) >= 11 is 0. The van der Waals surface area contributed by atoms with Gasteiger partial charge in [-0.1, -0.05) is 27.7 Å². The molecule has 1 atom stereocenters. The Morgan fingerprint density at radius 2 is 2.05 bits per heavy atom. The van der Waals surface area contributed by atoms with Gasteiger partial charge in [-0.15, -0.1) is 0 Å². The van der Waals surface area contributed by atoms with Crippen molar-refractivity contribution >= 4 is 11.8 Å². The van der Waals surface area contributed by atoms with Crippen LogP contribution < -0.4 is 5.32 Å². The number of carboxylic acid groups (broad SMARTS) is 1. The lowest BCUT2D eigenvalue weighted by Gasteiger charge is -2.31. The fourth-order valence-electron chi connectivity index (χ4n) is 2.00. The van der Waals surface area contributed by atoms with Crippen LogP contribution >= 0.6 is 0 Å². The van der Waals surface area contributed by atoms with Crippen LogP contribution in [0, 0.1) is 5.41 Å². The Bertz CT molecular complexity index is 467. The second kappa shape index (κ2) is 6.70. The molecule has 20 heavy (non-hydrogen) atoms. The number of nitrogens with zero attached hydrogens (tertiary/aromatic N) is 1. The number of aliphatic hydroxyl groups excluding tert-OH is 1. The Morgan fingerprint density at radius 1 is 1.40 bits per heavy atom. The molecule has 0 aromatic carbocycles. The highest BCUT2D eigenvalue weighted by molar-refractivity contribution is 5.88. The van der Waals surface area contributed by atoms with Gasteiger partial charge in [0.05, 0.1) is 5.56 Å². The predicted molar refractivity (Wildman–Crippen MR) is 79.1 cm³/mol. The van der Waals surface area contributed by atoms with Crippen molar-refractivity contribution in [1.82, 2.24) is 4.98 Å². The number of carboxylic acids is 1. The second-order valence-electron chi connectivity index (χ2n) is 5.97. The van der Waals surface area contributed by atoms with Crippen molar-refractivity contribution in [3.8, 4) is 0 Å². The SMILES string of the molecule is CCc1cc(C(=O)O)cc(NC(CCO)C(C)(C)C)n1. The number of rotatable bonds is 6. The van der Waals surface area contributed by atoms with E-state index in [9.17, 15) is 4.79 Å². The molecule has 5 nitrogen and oxygen atoms in total. The normalized spacial score (nSPS) is 13.1. The topological polar surface area (TPSA) is 82.5 Å². The first-order valence-electron chi connectivity index (χ1n) is 6.89. The van der Waals surface area contributed by atoms with E-state index in [1.807, 2.05) is 6.92 Å². The summed E-state index contributed by atoms with van der Waals surface area (Å²) in [6.07, 6.45) is 1.26. The average molecular weight is 280 g/mol. The molecule has 1 rings (SSSR count). The first-order valence-corrected chi connectivity index (χ1v) is 6.89. The first kappa shape index (κ1) is 16.4. The van der Waals surface area contributed by atoms with Crippen LogP contribution in [0.2, 0.25) is 0 Å². The Kier molecular flexibility index (Phi) is 5.51. The van der Waals surface area contributed by atoms with E-state index in [0.29, 0.717) is 18.7 Å². The van der Waals surface area contributed by atoms with Crippen molar-refractivity contribution in [1.29, 1.82) is 0 Å². The van der Waals surface area contributed by atoms with Gasteiger partial charge in [0, 0.05) is 18.3 Å². The van der Waals surface area contributed by atoms with Gasteiger partial charge >= 0.3 is 5.97 Å². The summed E-state index contributed by atoms with van der Waals surface area (Å²) in [4.78, 5) is 15.5. The molecular weight excluding hydrogens is 256 g/mol. The summed E-state index contributed by atoms with van der Waals surface area (Å²) in [5.74, 6) is -0.408. The predicted octanol–water partition coefficient (Wildman–Crippen LogP) is 2.55. The van der Waals surface area contributed by atoms with Gasteiger partial charge in [0.15, 0.2) is 0 Å². The van der Waals surface area contributed by atoms with E-state index in [1.54, 1.807) is 6.07 Å². The van der Waals surface area contributed by atoms with Crippen molar-refractivity contribution < 1.29 is 15.0 Å². The monoisotopic (exact) mass is 280 g/mol. The fraction of sp³-hybridized carbons (Fsp3) is 0.600. The van der Waals surface area contributed by atoms with Crippen molar-refractivity contribution in [3.63, 3.8) is 0 Å². The van der Waals surface area contributed by atoms with Crippen molar-refractivity contribution in [2.45, 2.75) is 46.6 Å². The molecule has 0 bridgehead atoms. The maximum atomic E-state index is 11.1. The van der Waals surface area contributed by atoms with Crippen LogP contribution in [0.25, 0.3) is 0 Å². The van der Waals surface area contributed by atoms with Crippen molar-refractivity contribution in [3.05, 3.63) is 23.4 Å². The molecule has 0 saturated heterocycles. The Morgan fingerprint density at radius 3 is 2.50 bits per heavy atom. The average Bonchev–Trinajstić information content (AvgIpc) is 2.36. The molecule has 0 aliphatic heterocycles. The third kappa shape index (κ3) is 4.49. The summed E-state index contributed by atoms with van der Waals surface area (Å²) < 4.78 is 0. The minimum absolute atomic E-state index is 0.0220. The highest BCUT2D eigenvalue weighted by Gasteiger charge is 2.24. The molecule has 1 aromatic heterocycles. The molecule has 0 amide bonds. The number of hydrogen-bond acceptors (Lipinski definition) is 4. The highest BCUT2D eigenvalue weighted by Crippen LogP contribution is 2.25. The third-order valence-corrected chi connectivity index (χ3v) is 3.27. The maximum absolute atomic E-state index is 11.1. The molecule has 3 N–H and O–H groups in total. The number of aliphatic hydroxyl groups is 1. The number of carbonyl (C=O) groups is 1. The Balaban J connectivity index is 3.05. The van der Waals surface area contributed by atoms with Gasteiger partial charge in [-0.25, -0.2) is 9.78 Å². The number of anilines is 1. The molecule has 0 aliphatic rings. The van der Waals surface area contributed by atoms with Crippen LogP contribution in [0.3, 0.4) is 0 Å². The number of nitrogens with one attached hydrogen (secondary N) is 1. The molecule has 1 aromatic rings. The highest BCUT2D eigenvalue weighted by atomic mass is 16.4. The van der Waals surface area contributed by atoms with Gasteiger partial charge in [0.25, 0.3) is 0 Å². The zero-order valence-corrected chi connectivity index (χ0v) is 12.6. The van der Waals surface area contributed by atoms with Crippen LogP contribution in [0.5, 0.6) is 0 Å². The van der Waals surface area contributed by atoms with Gasteiger partial charge in [0.2, 0.25) is 0 Å².